The molecule has 1 atom stereocenters. The van der Waals surface area contributed by atoms with Crippen LogP contribution < -0.4 is 0 Å². The summed E-state index contributed by atoms with van der Waals surface area (Å²) in [5, 5.41) is 8.67. The lowest BCUT2D eigenvalue weighted by atomic mass is 10.1. The van der Waals surface area contributed by atoms with E-state index in [2.05, 4.69) is 6.07 Å². The van der Waals surface area contributed by atoms with Gasteiger partial charge in [-0.1, -0.05) is 6.07 Å². The maximum absolute atomic E-state index is 13.3. The molecule has 0 N–H and O–H groups in total. The molecule has 0 saturated heterocycles. The fourth-order valence-electron chi connectivity index (χ4n) is 1.48. The Morgan fingerprint density at radius 3 is 2.76 bits per heavy atom. The van der Waals surface area contributed by atoms with Gasteiger partial charge in [-0.25, -0.2) is 4.39 Å². The van der Waals surface area contributed by atoms with Gasteiger partial charge in [0.05, 0.1) is 12.0 Å². The maximum Gasteiger partial charge on any atom is 0.253 e. The van der Waals surface area contributed by atoms with Crippen molar-refractivity contribution in [2.45, 2.75) is 13.8 Å². The van der Waals surface area contributed by atoms with Crippen LogP contribution in [-0.2, 0) is 0 Å². The van der Waals surface area contributed by atoms with Gasteiger partial charge in [0.15, 0.2) is 0 Å². The summed E-state index contributed by atoms with van der Waals surface area (Å²) in [6.45, 7) is 3.72. The fraction of sp³-hybridized carbons (Fsp3) is 0.385. The van der Waals surface area contributed by atoms with Crippen LogP contribution in [0.1, 0.15) is 22.8 Å². The van der Waals surface area contributed by atoms with Gasteiger partial charge in [-0.3, -0.25) is 4.79 Å². The largest absolute Gasteiger partial charge is 0.340 e. The molecular weight excluding hydrogens is 219 g/mol. The highest BCUT2D eigenvalue weighted by Crippen LogP contribution is 2.11. The van der Waals surface area contributed by atoms with Crippen molar-refractivity contribution < 1.29 is 9.18 Å². The predicted octanol–water partition coefficient (Wildman–Crippen LogP) is 2.37. The second-order valence-electron chi connectivity index (χ2n) is 4.18. The standard InChI is InChI=1S/C13H15FN2O/c1-9(7-15)8-16(3)13(17)11-5-4-10(2)12(14)6-11/h4-6,9H,8H2,1-3H3. The molecule has 3 nitrogen and oxygen atoms in total. The van der Waals surface area contributed by atoms with Gasteiger partial charge in [-0.2, -0.15) is 5.26 Å². The van der Waals surface area contributed by atoms with Crippen molar-refractivity contribution in [3.63, 3.8) is 0 Å². The number of rotatable bonds is 3. The third kappa shape index (κ3) is 3.28. The molecule has 0 radical (unpaired) electrons. The second-order valence-corrected chi connectivity index (χ2v) is 4.18. The molecule has 1 rings (SSSR count). The number of carbonyl (C=O) groups is 1. The Hall–Kier alpha value is -1.89. The molecule has 0 fully saturated rings. The molecule has 0 bridgehead atoms. The van der Waals surface area contributed by atoms with Crippen LogP contribution in [0.3, 0.4) is 0 Å². The third-order valence-corrected chi connectivity index (χ3v) is 2.53. The van der Waals surface area contributed by atoms with Crippen LogP contribution in [-0.4, -0.2) is 24.4 Å². The van der Waals surface area contributed by atoms with E-state index in [0.717, 1.165) is 0 Å². The van der Waals surface area contributed by atoms with E-state index in [0.29, 0.717) is 17.7 Å². The Balaban J connectivity index is 2.82. The topological polar surface area (TPSA) is 44.1 Å². The number of amides is 1. The van der Waals surface area contributed by atoms with Crippen LogP contribution in [0, 0.1) is 30.0 Å². The van der Waals surface area contributed by atoms with Gasteiger partial charge >= 0.3 is 0 Å². The maximum atomic E-state index is 13.3. The van der Waals surface area contributed by atoms with Crippen molar-refractivity contribution in [1.29, 1.82) is 5.26 Å². The molecule has 90 valence electrons. The van der Waals surface area contributed by atoms with Gasteiger partial charge in [0.1, 0.15) is 5.82 Å². The zero-order valence-electron chi connectivity index (χ0n) is 10.2. The average Bonchev–Trinajstić information content (AvgIpc) is 2.31. The van der Waals surface area contributed by atoms with Crippen LogP contribution in [0.4, 0.5) is 4.39 Å². The molecule has 0 aromatic heterocycles. The molecule has 0 heterocycles. The number of hydrogen-bond donors (Lipinski definition) is 0. The average molecular weight is 234 g/mol. The van der Waals surface area contributed by atoms with Gasteiger partial charge in [-0.15, -0.1) is 0 Å². The van der Waals surface area contributed by atoms with Gasteiger partial charge < -0.3 is 4.90 Å². The predicted molar refractivity (Wildman–Crippen MR) is 62.9 cm³/mol. The second kappa shape index (κ2) is 5.44. The van der Waals surface area contributed by atoms with E-state index in [4.69, 9.17) is 5.26 Å². The number of nitrogens with zero attached hydrogens (tertiary/aromatic N) is 2. The van der Waals surface area contributed by atoms with E-state index in [1.165, 1.54) is 11.0 Å². The lowest BCUT2D eigenvalue weighted by Crippen LogP contribution is -2.30. The summed E-state index contributed by atoms with van der Waals surface area (Å²) in [4.78, 5) is 13.3. The smallest absolute Gasteiger partial charge is 0.253 e. The fourth-order valence-corrected chi connectivity index (χ4v) is 1.48. The van der Waals surface area contributed by atoms with E-state index in [9.17, 15) is 9.18 Å². The monoisotopic (exact) mass is 234 g/mol. The van der Waals surface area contributed by atoms with Crippen molar-refractivity contribution in [2.75, 3.05) is 13.6 Å². The first-order valence-corrected chi connectivity index (χ1v) is 5.37. The first-order chi connectivity index (χ1) is 7.95. The Kier molecular flexibility index (Phi) is 4.22. The molecule has 1 aromatic carbocycles. The zero-order chi connectivity index (χ0) is 13.0. The molecule has 0 aliphatic heterocycles. The highest BCUT2D eigenvalue weighted by atomic mass is 19.1. The summed E-state index contributed by atoms with van der Waals surface area (Å²) in [5.41, 5.74) is 0.815. The molecule has 17 heavy (non-hydrogen) atoms. The lowest BCUT2D eigenvalue weighted by molar-refractivity contribution is 0.0784. The molecule has 1 aromatic rings. The van der Waals surface area contributed by atoms with Crippen LogP contribution >= 0.6 is 0 Å². The van der Waals surface area contributed by atoms with Gasteiger partial charge in [0.2, 0.25) is 0 Å². The van der Waals surface area contributed by atoms with Crippen molar-refractivity contribution in [3.8, 4) is 6.07 Å². The Labute approximate surface area is 100 Å². The molecule has 0 spiro atoms. The quantitative estimate of drug-likeness (QED) is 0.805. The number of hydrogen-bond acceptors (Lipinski definition) is 2. The van der Waals surface area contributed by atoms with E-state index < -0.39 is 5.82 Å². The highest BCUT2D eigenvalue weighted by molar-refractivity contribution is 5.94. The summed E-state index contributed by atoms with van der Waals surface area (Å²) in [5.74, 6) is -0.900. The van der Waals surface area contributed by atoms with Crippen molar-refractivity contribution in [2.24, 2.45) is 5.92 Å². The van der Waals surface area contributed by atoms with Crippen LogP contribution in [0.15, 0.2) is 18.2 Å². The molecular formula is C13H15FN2O. The minimum atomic E-state index is -0.391. The summed E-state index contributed by atoms with van der Waals surface area (Å²) >= 11 is 0. The van der Waals surface area contributed by atoms with E-state index in [1.807, 2.05) is 0 Å². The van der Waals surface area contributed by atoms with Crippen molar-refractivity contribution in [3.05, 3.63) is 35.1 Å². The summed E-state index contributed by atoms with van der Waals surface area (Å²) in [7, 11) is 1.61. The minimum Gasteiger partial charge on any atom is -0.340 e. The third-order valence-electron chi connectivity index (χ3n) is 2.53. The normalized spacial score (nSPS) is 11.7. The summed E-state index contributed by atoms with van der Waals surface area (Å²) in [6, 6.07) is 6.45. The molecule has 0 aliphatic carbocycles. The minimum absolute atomic E-state index is 0.237. The highest BCUT2D eigenvalue weighted by Gasteiger charge is 2.15. The van der Waals surface area contributed by atoms with Gasteiger partial charge in [-0.05, 0) is 31.5 Å². The lowest BCUT2D eigenvalue weighted by Gasteiger charge is -2.18. The number of nitriles is 1. The van der Waals surface area contributed by atoms with E-state index in [-0.39, 0.29) is 11.8 Å². The molecule has 0 saturated carbocycles. The first-order valence-electron chi connectivity index (χ1n) is 5.37. The zero-order valence-corrected chi connectivity index (χ0v) is 10.2. The van der Waals surface area contributed by atoms with Gasteiger partial charge in [0, 0.05) is 19.2 Å². The Bertz CT molecular complexity index is 465. The SMILES string of the molecule is Cc1ccc(C(=O)N(C)CC(C)C#N)cc1F. The van der Waals surface area contributed by atoms with Crippen molar-refractivity contribution in [1.82, 2.24) is 4.90 Å². The molecule has 0 aliphatic rings. The molecule has 4 heteroatoms. The van der Waals surface area contributed by atoms with E-state index >= 15 is 0 Å². The van der Waals surface area contributed by atoms with Crippen molar-refractivity contribution >= 4 is 5.91 Å². The van der Waals surface area contributed by atoms with E-state index in [1.54, 1.807) is 33.0 Å². The number of carbonyl (C=O) groups excluding carboxylic acids is 1. The Morgan fingerprint density at radius 2 is 2.24 bits per heavy atom. The first kappa shape index (κ1) is 13.2. The summed E-state index contributed by atoms with van der Waals surface area (Å²) < 4.78 is 13.3. The molecule has 1 amide bonds. The van der Waals surface area contributed by atoms with Crippen LogP contribution in [0.2, 0.25) is 0 Å². The Morgan fingerprint density at radius 1 is 1.59 bits per heavy atom. The number of benzene rings is 1. The van der Waals surface area contributed by atoms with Crippen LogP contribution in [0.5, 0.6) is 0 Å². The molecule has 1 unspecified atom stereocenters. The number of halogens is 1. The number of aryl methyl sites for hydroxylation is 1. The van der Waals surface area contributed by atoms with Crippen LogP contribution in [0.25, 0.3) is 0 Å². The summed E-state index contributed by atoms with van der Waals surface area (Å²) in [6.07, 6.45) is 0. The van der Waals surface area contributed by atoms with Gasteiger partial charge in [0.25, 0.3) is 5.91 Å².